The quantitative estimate of drug-likeness (QED) is 0.439. The highest BCUT2D eigenvalue weighted by Crippen LogP contribution is 2.41. The highest BCUT2D eigenvalue weighted by molar-refractivity contribution is 5.82. The summed E-state index contributed by atoms with van der Waals surface area (Å²) < 4.78 is 8.08. The molecule has 3 heterocycles. The second kappa shape index (κ2) is 7.32. The van der Waals surface area contributed by atoms with Crippen LogP contribution in [0, 0.1) is 0 Å². The maximum absolute atomic E-state index is 6.27. The van der Waals surface area contributed by atoms with Gasteiger partial charge >= 0.3 is 0 Å². The van der Waals surface area contributed by atoms with Crippen LogP contribution in [0.5, 0.6) is 5.88 Å². The van der Waals surface area contributed by atoms with Gasteiger partial charge in [-0.05, 0) is 36.1 Å². The summed E-state index contributed by atoms with van der Waals surface area (Å²) in [5.41, 5.74) is 7.19. The van der Waals surface area contributed by atoms with Crippen molar-refractivity contribution in [1.29, 1.82) is 0 Å². The van der Waals surface area contributed by atoms with Crippen LogP contribution in [0.25, 0.3) is 28.2 Å². The fourth-order valence-corrected chi connectivity index (χ4v) is 4.19. The van der Waals surface area contributed by atoms with E-state index in [2.05, 4.69) is 39.4 Å². The molecule has 6 heteroatoms. The van der Waals surface area contributed by atoms with Crippen molar-refractivity contribution in [2.24, 2.45) is 0 Å². The lowest BCUT2D eigenvalue weighted by Crippen LogP contribution is -2.12. The molecule has 1 aliphatic rings. The van der Waals surface area contributed by atoms with E-state index >= 15 is 0 Å². The third-order valence-corrected chi connectivity index (χ3v) is 5.66. The zero-order valence-corrected chi connectivity index (χ0v) is 16.8. The van der Waals surface area contributed by atoms with Crippen molar-refractivity contribution in [3.05, 3.63) is 95.8 Å². The molecule has 0 bridgehead atoms. The molecule has 0 saturated carbocycles. The number of aryl methyl sites for hydroxylation is 2. The van der Waals surface area contributed by atoms with Crippen molar-refractivity contribution >= 4 is 5.65 Å². The maximum atomic E-state index is 6.27. The number of ether oxygens (including phenoxy) is 1. The number of pyridine rings is 1. The zero-order valence-electron chi connectivity index (χ0n) is 16.8. The largest absolute Gasteiger partial charge is 0.470 e. The molecule has 3 aromatic heterocycles. The van der Waals surface area contributed by atoms with Gasteiger partial charge in [0.1, 0.15) is 6.61 Å². The first kappa shape index (κ1) is 17.8. The van der Waals surface area contributed by atoms with Crippen LogP contribution in [0.1, 0.15) is 16.8 Å². The van der Waals surface area contributed by atoms with Gasteiger partial charge in [-0.1, -0.05) is 60.7 Å². The number of nitrogens with zero attached hydrogens (tertiary/aromatic N) is 5. The third-order valence-electron chi connectivity index (χ3n) is 5.66. The van der Waals surface area contributed by atoms with Crippen molar-refractivity contribution in [3.63, 3.8) is 0 Å². The van der Waals surface area contributed by atoms with Gasteiger partial charge in [-0.15, -0.1) is 15.3 Å². The van der Waals surface area contributed by atoms with Crippen LogP contribution >= 0.6 is 0 Å². The number of aromatic nitrogens is 5. The Hall–Kier alpha value is -4.06. The minimum Gasteiger partial charge on any atom is -0.470 e. The van der Waals surface area contributed by atoms with Gasteiger partial charge < -0.3 is 4.74 Å². The zero-order chi connectivity index (χ0) is 20.6. The van der Waals surface area contributed by atoms with Crippen LogP contribution in [0.4, 0.5) is 0 Å². The molecule has 6 nitrogen and oxygen atoms in total. The topological polar surface area (TPSA) is 65.2 Å². The van der Waals surface area contributed by atoms with Gasteiger partial charge in [0.15, 0.2) is 11.5 Å². The van der Waals surface area contributed by atoms with E-state index in [9.17, 15) is 0 Å². The number of rotatable bonds is 4. The minimum atomic E-state index is 0.344. The summed E-state index contributed by atoms with van der Waals surface area (Å²) in [6.07, 6.45) is 3.59. The van der Waals surface area contributed by atoms with E-state index in [4.69, 9.17) is 9.84 Å². The minimum absolute atomic E-state index is 0.344. The average Bonchev–Trinajstić information content (AvgIpc) is 3.27. The molecule has 0 spiro atoms. The Labute approximate surface area is 179 Å². The summed E-state index contributed by atoms with van der Waals surface area (Å²) in [6, 6.07) is 24.2. The summed E-state index contributed by atoms with van der Waals surface area (Å²) in [5.74, 6) is 1.29. The molecule has 31 heavy (non-hydrogen) atoms. The molecule has 0 unspecified atom stereocenters. The normalized spacial score (nSPS) is 12.4. The molecular formula is C25H19N5O. The first-order valence-corrected chi connectivity index (χ1v) is 10.3. The van der Waals surface area contributed by atoms with Crippen LogP contribution in [-0.2, 0) is 19.4 Å². The predicted octanol–water partition coefficient (Wildman–Crippen LogP) is 4.53. The van der Waals surface area contributed by atoms with Gasteiger partial charge in [0, 0.05) is 17.3 Å². The first-order valence-electron chi connectivity index (χ1n) is 10.3. The van der Waals surface area contributed by atoms with Gasteiger partial charge in [0.2, 0.25) is 5.88 Å². The lowest BCUT2D eigenvalue weighted by atomic mass is 9.87. The van der Waals surface area contributed by atoms with Crippen LogP contribution in [0.15, 0.2) is 79.0 Å². The summed E-state index contributed by atoms with van der Waals surface area (Å²) in [6.45, 7) is 0.344. The lowest BCUT2D eigenvalue weighted by Gasteiger charge is -2.22. The Morgan fingerprint density at radius 1 is 0.839 bits per heavy atom. The molecule has 0 fully saturated rings. The number of benzene rings is 2. The SMILES string of the molecule is c1ccc(-c2nnc3c4c(c(OCc5ccccn5)nn23)-c2ccccc2CC4)cc1. The Morgan fingerprint density at radius 2 is 1.68 bits per heavy atom. The fourth-order valence-electron chi connectivity index (χ4n) is 4.19. The van der Waals surface area contributed by atoms with Gasteiger partial charge in [-0.2, -0.15) is 4.52 Å². The lowest BCUT2D eigenvalue weighted by molar-refractivity contribution is 0.285. The molecule has 0 aliphatic heterocycles. The standard InChI is InChI=1S/C25H19N5O/c1-2-9-18(10-3-1)23-27-28-24-21-14-13-17-8-4-5-12-20(17)22(21)25(29-30(23)24)31-16-19-11-6-7-15-26-19/h1-12,15H,13-14,16H2. The van der Waals surface area contributed by atoms with Crippen molar-refractivity contribution in [2.45, 2.75) is 19.4 Å². The summed E-state index contributed by atoms with van der Waals surface area (Å²) in [5, 5.41) is 13.9. The summed E-state index contributed by atoms with van der Waals surface area (Å²) >= 11 is 0. The Bertz CT molecular complexity index is 1380. The van der Waals surface area contributed by atoms with Gasteiger partial charge in [0.25, 0.3) is 0 Å². The first-order chi connectivity index (χ1) is 15.4. The van der Waals surface area contributed by atoms with Crippen molar-refractivity contribution < 1.29 is 4.74 Å². The van der Waals surface area contributed by atoms with E-state index < -0.39 is 0 Å². The molecule has 0 N–H and O–H groups in total. The van der Waals surface area contributed by atoms with Crippen molar-refractivity contribution in [3.8, 4) is 28.4 Å². The van der Waals surface area contributed by atoms with E-state index in [-0.39, 0.29) is 0 Å². The molecule has 5 aromatic rings. The van der Waals surface area contributed by atoms with E-state index in [0.29, 0.717) is 18.3 Å². The van der Waals surface area contributed by atoms with Crippen molar-refractivity contribution in [2.75, 3.05) is 0 Å². The number of hydrogen-bond acceptors (Lipinski definition) is 5. The Balaban J connectivity index is 1.55. The molecule has 0 saturated heterocycles. The van der Waals surface area contributed by atoms with E-state index in [1.54, 1.807) is 6.20 Å². The van der Waals surface area contributed by atoms with Gasteiger partial charge in [-0.3, -0.25) is 4.98 Å². The average molecular weight is 405 g/mol. The molecule has 2 aromatic carbocycles. The Kier molecular flexibility index (Phi) is 4.20. The van der Waals surface area contributed by atoms with Crippen molar-refractivity contribution in [1.82, 2.24) is 24.8 Å². The fraction of sp³-hybridized carbons (Fsp3) is 0.120. The van der Waals surface area contributed by atoms with Gasteiger partial charge in [0.05, 0.1) is 11.3 Å². The number of hydrogen-bond donors (Lipinski definition) is 0. The highest BCUT2D eigenvalue weighted by atomic mass is 16.5. The monoisotopic (exact) mass is 405 g/mol. The van der Waals surface area contributed by atoms with E-state index in [1.807, 2.05) is 53.0 Å². The van der Waals surface area contributed by atoms with Crippen LogP contribution in [0.3, 0.4) is 0 Å². The van der Waals surface area contributed by atoms with E-state index in [0.717, 1.165) is 46.4 Å². The number of fused-ring (bicyclic) bond motifs is 5. The Morgan fingerprint density at radius 3 is 2.55 bits per heavy atom. The smallest absolute Gasteiger partial charge is 0.240 e. The summed E-state index contributed by atoms with van der Waals surface area (Å²) in [4.78, 5) is 4.38. The van der Waals surface area contributed by atoms with Gasteiger partial charge in [-0.25, -0.2) is 0 Å². The molecule has 150 valence electrons. The van der Waals surface area contributed by atoms with E-state index in [1.165, 1.54) is 5.56 Å². The van der Waals surface area contributed by atoms with Crippen LogP contribution in [0.2, 0.25) is 0 Å². The maximum Gasteiger partial charge on any atom is 0.240 e. The van der Waals surface area contributed by atoms with Crippen LogP contribution < -0.4 is 4.74 Å². The molecular weight excluding hydrogens is 386 g/mol. The third kappa shape index (κ3) is 3.04. The predicted molar refractivity (Wildman–Crippen MR) is 118 cm³/mol. The molecule has 0 amide bonds. The highest BCUT2D eigenvalue weighted by Gasteiger charge is 2.26. The van der Waals surface area contributed by atoms with Crippen LogP contribution in [-0.4, -0.2) is 24.8 Å². The molecule has 1 aliphatic carbocycles. The molecule has 0 atom stereocenters. The molecule has 0 radical (unpaired) electrons. The molecule has 6 rings (SSSR count). The second-order valence-electron chi connectivity index (χ2n) is 7.55. The summed E-state index contributed by atoms with van der Waals surface area (Å²) in [7, 11) is 0. The second-order valence-corrected chi connectivity index (χ2v) is 7.55.